The van der Waals surface area contributed by atoms with Crippen LogP contribution in [0.4, 0.5) is 0 Å². The summed E-state index contributed by atoms with van der Waals surface area (Å²) >= 11 is 1.46. The van der Waals surface area contributed by atoms with Crippen LogP contribution in [0.1, 0.15) is 123 Å². The summed E-state index contributed by atoms with van der Waals surface area (Å²) < 4.78 is 1.42. The van der Waals surface area contributed by atoms with E-state index in [1.807, 2.05) is 0 Å². The van der Waals surface area contributed by atoms with E-state index in [4.69, 9.17) is 0 Å². The SMILES string of the molecule is CC(C)(C)c1ccc2c(c1)[cH-]c1cc(C(C)(C)C)ccc12.CCCC1=[C-]C(CCC)C=C1CCC.[Cl-].[Cl-].[Zr+2]=[C](c1ccccc1)c1ccccc1. The molecule has 270 valence electrons. The van der Waals surface area contributed by atoms with Crippen LogP contribution >= 0.6 is 0 Å². The fraction of sp³-hybridized carbons (Fsp3) is 0.375. The van der Waals surface area contributed by atoms with Crippen molar-refractivity contribution in [2.75, 3.05) is 0 Å². The van der Waals surface area contributed by atoms with Crippen LogP contribution in [-0.2, 0) is 35.1 Å². The molecule has 0 aromatic heterocycles. The second kappa shape index (κ2) is 20.7. The fourth-order valence-electron chi connectivity index (χ4n) is 6.49. The molecule has 5 aromatic carbocycles. The Hall–Kier alpha value is -2.44. The molecule has 0 saturated carbocycles. The third-order valence-electron chi connectivity index (χ3n) is 9.33. The van der Waals surface area contributed by atoms with Gasteiger partial charge in [0.1, 0.15) is 0 Å². The number of benzene rings is 4. The van der Waals surface area contributed by atoms with Crippen molar-refractivity contribution in [2.24, 2.45) is 5.92 Å². The quantitative estimate of drug-likeness (QED) is 0.141. The Bertz CT molecular complexity index is 1730. The third kappa shape index (κ3) is 12.6. The van der Waals surface area contributed by atoms with Gasteiger partial charge in [0.15, 0.2) is 0 Å². The van der Waals surface area contributed by atoms with Gasteiger partial charge in [0.2, 0.25) is 0 Å². The predicted octanol–water partition coefficient (Wildman–Crippen LogP) is 7.79. The van der Waals surface area contributed by atoms with E-state index >= 15 is 0 Å². The zero-order valence-corrected chi connectivity index (χ0v) is 36.4. The van der Waals surface area contributed by atoms with Gasteiger partial charge in [-0.25, -0.2) is 5.57 Å². The van der Waals surface area contributed by atoms with Gasteiger partial charge in [0, 0.05) is 0 Å². The molecule has 0 saturated heterocycles. The zero-order chi connectivity index (χ0) is 35.6. The number of hydrogen-bond acceptors (Lipinski definition) is 0. The van der Waals surface area contributed by atoms with E-state index in [1.54, 1.807) is 5.57 Å². The van der Waals surface area contributed by atoms with E-state index in [0.717, 1.165) is 0 Å². The first kappa shape index (κ1) is 44.7. The predicted molar refractivity (Wildman–Crippen MR) is 214 cm³/mol. The molecule has 0 N–H and O–H groups in total. The molecule has 6 rings (SSSR count). The Balaban J connectivity index is 0.000000269. The molecule has 0 spiro atoms. The molecule has 0 aliphatic heterocycles. The van der Waals surface area contributed by atoms with Crippen LogP contribution in [0, 0.1) is 12.0 Å². The van der Waals surface area contributed by atoms with E-state index < -0.39 is 0 Å². The zero-order valence-electron chi connectivity index (χ0n) is 32.5. The molecular formula is C48H58Cl2Zr-2. The number of halogens is 2. The average Bonchev–Trinajstić information content (AvgIpc) is 3.65. The van der Waals surface area contributed by atoms with Gasteiger partial charge in [0.25, 0.3) is 0 Å². The number of fused-ring (bicyclic) bond motifs is 3. The molecule has 1 aliphatic rings. The maximum atomic E-state index is 3.65. The Kier molecular flexibility index (Phi) is 18.2. The van der Waals surface area contributed by atoms with Crippen LogP contribution in [0.5, 0.6) is 0 Å². The molecule has 3 heteroatoms. The standard InChI is InChI=1S/C21H25.C14H23.C13H10.2ClH.Zr/c1-20(2,3)16-7-9-18-14(12-16)11-15-13-17(21(4,5)6)8-10-19(15)18;1-4-7-12-10-13(8-5-2)14(11-12)9-6-3;1-3-7-12(8-4-1)11-13-9-5-2-6-10-13;;;/h7-13H,1-6H3;10,12H,4-9H2,1-3H3;1-10H;2*1H;/q2*-1;;;;+2/p-2. The molecule has 0 amide bonds. The molecule has 0 radical (unpaired) electrons. The molecule has 1 aliphatic carbocycles. The summed E-state index contributed by atoms with van der Waals surface area (Å²) in [6.07, 6.45) is 13.7. The topological polar surface area (TPSA) is 0 Å². The van der Waals surface area contributed by atoms with Gasteiger partial charge in [-0.1, -0.05) is 142 Å². The van der Waals surface area contributed by atoms with Crippen LogP contribution in [0.2, 0.25) is 0 Å². The second-order valence-electron chi connectivity index (χ2n) is 15.6. The van der Waals surface area contributed by atoms with Crippen molar-refractivity contribution in [2.45, 2.75) is 112 Å². The second-order valence-corrected chi connectivity index (χ2v) is 16.8. The van der Waals surface area contributed by atoms with Crippen molar-refractivity contribution >= 4 is 24.8 Å². The van der Waals surface area contributed by atoms with Crippen molar-refractivity contribution < 1.29 is 49.0 Å². The molecule has 0 heterocycles. The van der Waals surface area contributed by atoms with Gasteiger partial charge in [-0.2, -0.15) is 11.6 Å². The van der Waals surface area contributed by atoms with Crippen LogP contribution in [0.25, 0.3) is 21.5 Å². The van der Waals surface area contributed by atoms with E-state index in [2.05, 4.69) is 178 Å². The van der Waals surface area contributed by atoms with Gasteiger partial charge in [-0.15, -0.1) is 39.7 Å². The van der Waals surface area contributed by atoms with E-state index in [-0.39, 0.29) is 35.6 Å². The average molecular weight is 797 g/mol. The molecule has 0 fully saturated rings. The number of allylic oxidation sites excluding steroid dienone is 4. The summed E-state index contributed by atoms with van der Waals surface area (Å²) in [5.41, 5.74) is 8.99. The first-order valence-electron chi connectivity index (χ1n) is 18.5. The molecule has 0 nitrogen and oxygen atoms in total. The van der Waals surface area contributed by atoms with Crippen LogP contribution in [-0.4, -0.2) is 3.21 Å². The molecule has 51 heavy (non-hydrogen) atoms. The molecular weight excluding hydrogens is 739 g/mol. The van der Waals surface area contributed by atoms with Crippen LogP contribution < -0.4 is 24.8 Å². The normalized spacial score (nSPS) is 13.9. The Labute approximate surface area is 337 Å². The van der Waals surface area contributed by atoms with Crippen molar-refractivity contribution in [1.82, 2.24) is 0 Å². The van der Waals surface area contributed by atoms with Gasteiger partial charge >= 0.3 is 99.2 Å². The molecule has 1 atom stereocenters. The summed E-state index contributed by atoms with van der Waals surface area (Å²) in [5.74, 6) is 0.628. The van der Waals surface area contributed by atoms with Gasteiger partial charge in [0.05, 0.1) is 0 Å². The van der Waals surface area contributed by atoms with E-state index in [0.29, 0.717) is 5.92 Å². The van der Waals surface area contributed by atoms with Gasteiger partial charge in [-0.3, -0.25) is 6.08 Å². The van der Waals surface area contributed by atoms with Gasteiger partial charge in [-0.05, 0) is 10.8 Å². The molecule has 5 aromatic rings. The van der Waals surface area contributed by atoms with E-state index in [9.17, 15) is 0 Å². The molecule has 0 bridgehead atoms. The van der Waals surface area contributed by atoms with Crippen LogP contribution in [0.3, 0.4) is 0 Å². The summed E-state index contributed by atoms with van der Waals surface area (Å²) in [6.45, 7) is 20.4. The summed E-state index contributed by atoms with van der Waals surface area (Å²) in [6, 6.07) is 37.3. The minimum absolute atomic E-state index is 0. The molecule has 1 unspecified atom stereocenters. The summed E-state index contributed by atoms with van der Waals surface area (Å²) in [5, 5.41) is 5.48. The van der Waals surface area contributed by atoms with E-state index in [1.165, 1.54) is 115 Å². The van der Waals surface area contributed by atoms with Crippen molar-refractivity contribution in [1.29, 1.82) is 0 Å². The Morgan fingerprint density at radius 2 is 1.08 bits per heavy atom. The first-order chi connectivity index (χ1) is 23.3. The first-order valence-corrected chi connectivity index (χ1v) is 19.8. The van der Waals surface area contributed by atoms with Crippen LogP contribution in [0.15, 0.2) is 120 Å². The maximum absolute atomic E-state index is 3.65. The Morgan fingerprint density at radius 1 is 0.627 bits per heavy atom. The number of rotatable bonds is 8. The minimum atomic E-state index is 0. The van der Waals surface area contributed by atoms with Crippen molar-refractivity contribution in [3.05, 3.63) is 149 Å². The fourth-order valence-corrected chi connectivity index (χ4v) is 7.31. The summed E-state index contributed by atoms with van der Waals surface area (Å²) in [7, 11) is 0. The summed E-state index contributed by atoms with van der Waals surface area (Å²) in [4.78, 5) is 0. The number of hydrogen-bond donors (Lipinski definition) is 0. The third-order valence-corrected chi connectivity index (χ3v) is 10.7. The monoisotopic (exact) mass is 794 g/mol. The van der Waals surface area contributed by atoms with Crippen molar-refractivity contribution in [3.63, 3.8) is 0 Å². The van der Waals surface area contributed by atoms with Gasteiger partial charge < -0.3 is 24.8 Å². The Morgan fingerprint density at radius 3 is 1.47 bits per heavy atom. The van der Waals surface area contributed by atoms with Crippen molar-refractivity contribution in [3.8, 4) is 0 Å².